The Kier molecular flexibility index (Phi) is 23.2. The van der Waals surface area contributed by atoms with Crippen LogP contribution in [0.15, 0.2) is 53.3 Å². The Morgan fingerprint density at radius 1 is 0.815 bits per heavy atom. The van der Waals surface area contributed by atoms with Gasteiger partial charge in [-0.05, 0) is 29.3 Å². The lowest BCUT2D eigenvalue weighted by molar-refractivity contribution is -0.635. The Labute approximate surface area is 366 Å². The van der Waals surface area contributed by atoms with E-state index < -0.39 is 123 Å². The van der Waals surface area contributed by atoms with Crippen LogP contribution in [0.1, 0.15) is 34.1 Å². The van der Waals surface area contributed by atoms with E-state index in [1.165, 1.54) is 0 Å². The number of hydrogen-bond donors (Lipinski definition) is 13. The van der Waals surface area contributed by atoms with Crippen molar-refractivity contribution >= 4 is 7.75 Å². The molecule has 29 heteroatoms. The van der Waals surface area contributed by atoms with Crippen LogP contribution in [0.5, 0.6) is 0 Å². The molecule has 22 nitrogen and oxygen atoms in total. The molecule has 0 amide bonds. The van der Waals surface area contributed by atoms with E-state index >= 15 is 0 Å². The minimum absolute atomic E-state index is 0.00304. The van der Waals surface area contributed by atoms with Crippen molar-refractivity contribution in [3.8, 4) is 0 Å². The summed E-state index contributed by atoms with van der Waals surface area (Å²) in [6.07, 6.45) is -22.3. The molecule has 372 valence electrons. The number of alkyl halides is 6. The van der Waals surface area contributed by atoms with Crippen molar-refractivity contribution in [2.45, 2.75) is 86.7 Å². The third-order valence-corrected chi connectivity index (χ3v) is 10.1. The van der Waals surface area contributed by atoms with Gasteiger partial charge in [-0.2, -0.15) is 30.8 Å². The zero-order valence-electron chi connectivity index (χ0n) is 34.7. The number of morpholine rings is 1. The van der Waals surface area contributed by atoms with E-state index in [1.54, 1.807) is 60.0 Å². The molecular weight excluding hydrogens is 917 g/mol. The molecule has 0 saturated carbocycles. The van der Waals surface area contributed by atoms with Gasteiger partial charge in [-0.3, -0.25) is 9.88 Å². The summed E-state index contributed by atoms with van der Waals surface area (Å²) in [6.45, 7) is -1.56. The number of rotatable bonds is 19. The molecule has 1 aromatic heterocycles. The molecular formula is C36H55F6N6O16P. The fraction of sp³-hybridized carbons (Fsp3) is 0.611. The van der Waals surface area contributed by atoms with Gasteiger partial charge in [0.25, 0.3) is 0 Å². The van der Waals surface area contributed by atoms with Crippen molar-refractivity contribution in [2.75, 3.05) is 53.6 Å². The molecule has 3 aromatic rings. The van der Waals surface area contributed by atoms with E-state index in [2.05, 4.69) is 10.1 Å². The van der Waals surface area contributed by atoms with Crippen LogP contribution in [0.4, 0.5) is 26.3 Å². The number of nitrogens with one attached hydrogen (secondary N) is 1. The van der Waals surface area contributed by atoms with Crippen LogP contribution in [-0.4, -0.2) is 179 Å². The first kappa shape index (κ1) is 57.6. The maximum absolute atomic E-state index is 13.2. The van der Waals surface area contributed by atoms with Gasteiger partial charge in [0.05, 0.1) is 72.0 Å². The number of aliphatic hydroxyl groups is 10. The summed E-state index contributed by atoms with van der Waals surface area (Å²) in [6, 6.07) is 8.67. The number of quaternary nitrogens is 2. The molecule has 2 heterocycles. The fourth-order valence-corrected chi connectivity index (χ4v) is 6.47. The topological polar surface area (TPSA) is 371 Å². The van der Waals surface area contributed by atoms with E-state index in [-0.39, 0.29) is 49.1 Å². The molecule has 4 rings (SSSR count). The number of likely N-dealkylation sites (N-methyl/N-ethyl adjacent to an activating group) is 2. The van der Waals surface area contributed by atoms with Gasteiger partial charge in [0.2, 0.25) is 0 Å². The lowest BCUT2D eigenvalue weighted by Crippen LogP contribution is -2.83. The molecule has 0 spiro atoms. The van der Waals surface area contributed by atoms with Crippen LogP contribution in [0.2, 0.25) is 0 Å². The van der Waals surface area contributed by atoms with E-state index in [0.717, 1.165) is 0 Å². The Balaban J connectivity index is 0.000000457. The lowest BCUT2D eigenvalue weighted by Gasteiger charge is -2.40. The molecule has 10 atom stereocenters. The molecule has 0 unspecified atom stereocenters. The molecule has 15 N–H and O–H groups in total. The van der Waals surface area contributed by atoms with Crippen LogP contribution in [-0.2, 0) is 39.5 Å². The van der Waals surface area contributed by atoms with Crippen LogP contribution in [0.25, 0.3) is 0 Å². The van der Waals surface area contributed by atoms with Gasteiger partial charge in [-0.25, -0.2) is 4.79 Å². The van der Waals surface area contributed by atoms with Gasteiger partial charge in [-0.15, -0.1) is 5.10 Å². The van der Waals surface area contributed by atoms with Crippen molar-refractivity contribution in [1.82, 2.24) is 19.4 Å². The van der Waals surface area contributed by atoms with Crippen LogP contribution in [0.3, 0.4) is 0 Å². The standard InChI is InChI=1S/C22H21F6N4O6P.2C7H17NO5/c23-21(24,25)15-8-13(9-16(10-15)22(26,27)28)12-38-19-18(14-4-2-1-3-5-14)31(6-7-37-19)11-17-29-20(33)32(30-17)39(34,35)36;2*1-8-2-4(10)6(12)7(13)5(11)3-9/h1-5,8-10,18-19H,6-7,11-12H2,(H,29,30,33)(H2,34,35,36);2*4-13H,2-3H2,1H3/t18-,19+;2*4-,5+,6+,7+/m000/s1. The highest BCUT2D eigenvalue weighted by atomic mass is 31.2. The zero-order valence-corrected chi connectivity index (χ0v) is 35.6. The highest BCUT2D eigenvalue weighted by molar-refractivity contribution is 7.46. The van der Waals surface area contributed by atoms with Crippen LogP contribution >= 0.6 is 7.75 Å². The van der Waals surface area contributed by atoms with Crippen LogP contribution in [0, 0.1) is 0 Å². The normalized spacial score (nSPS) is 19.9. The second-order valence-electron chi connectivity index (χ2n) is 14.4. The van der Waals surface area contributed by atoms with E-state index in [0.29, 0.717) is 17.7 Å². The SMILES string of the molecule is C[NH2+]C[C@H](O)[C@@H](O)[C@H](O)[C@H](O)CO.C[NH2+]C[C@H](O)[C@@H](O)[C@H](O)[C@H](O)CO.O=c1[nH]c(CN2CCO[C@H](OCc3cc(C(F)(F)F)cc(C(F)(F)F)c3)[C@@H]2c2ccccc2)nn1P(=O)([O-])[O-]. The van der Waals surface area contributed by atoms with Crippen molar-refractivity contribution in [2.24, 2.45) is 0 Å². The average Bonchev–Trinajstić information content (AvgIpc) is 3.64. The summed E-state index contributed by atoms with van der Waals surface area (Å²) < 4.78 is 102. The van der Waals surface area contributed by atoms with Crippen molar-refractivity contribution in [1.29, 1.82) is 0 Å². The first-order valence-corrected chi connectivity index (χ1v) is 20.9. The number of benzene rings is 2. The molecule has 2 aromatic carbocycles. The largest absolute Gasteiger partial charge is 0.793 e. The summed E-state index contributed by atoms with van der Waals surface area (Å²) in [4.78, 5) is 38.1. The number of halogens is 6. The van der Waals surface area contributed by atoms with Gasteiger partial charge in [0, 0.05) is 6.54 Å². The number of nitrogens with two attached hydrogens (primary N) is 2. The zero-order chi connectivity index (χ0) is 49.4. The van der Waals surface area contributed by atoms with Crippen molar-refractivity contribution in [3.05, 3.63) is 87.1 Å². The molecule has 1 aliphatic rings. The molecule has 1 aliphatic heterocycles. The monoisotopic (exact) mass is 972 g/mol. The number of ether oxygens (including phenoxy) is 2. The first-order valence-electron chi connectivity index (χ1n) is 19.4. The molecule has 0 bridgehead atoms. The second kappa shape index (κ2) is 26.2. The Morgan fingerprint density at radius 3 is 1.68 bits per heavy atom. The third kappa shape index (κ3) is 17.9. The summed E-state index contributed by atoms with van der Waals surface area (Å²) in [5.74, 6) is -0.179. The molecule has 0 radical (unpaired) electrons. The quantitative estimate of drug-likeness (QED) is 0.0392. The highest BCUT2D eigenvalue weighted by Crippen LogP contribution is 2.37. The van der Waals surface area contributed by atoms with Gasteiger partial charge in [0.15, 0.2) is 6.29 Å². The number of H-pyrrole nitrogens is 1. The molecule has 0 aliphatic carbocycles. The summed E-state index contributed by atoms with van der Waals surface area (Å²) in [5.41, 5.74) is -4.07. The minimum atomic E-state index is -5.52. The highest BCUT2D eigenvalue weighted by Gasteiger charge is 2.39. The summed E-state index contributed by atoms with van der Waals surface area (Å²) in [7, 11) is -2.12. The van der Waals surface area contributed by atoms with Gasteiger partial charge >= 0.3 is 18.0 Å². The van der Waals surface area contributed by atoms with E-state index in [1.807, 2.05) is 0 Å². The Hall–Kier alpha value is -3.49. The number of hydrogen-bond acceptors (Lipinski definition) is 18. The lowest BCUT2D eigenvalue weighted by atomic mass is 10.0. The van der Waals surface area contributed by atoms with Gasteiger partial charge in [0.1, 0.15) is 67.7 Å². The summed E-state index contributed by atoms with van der Waals surface area (Å²) in [5, 5.41) is 96.7. The van der Waals surface area contributed by atoms with Gasteiger partial charge in [-0.1, -0.05) is 30.3 Å². The summed E-state index contributed by atoms with van der Waals surface area (Å²) >= 11 is 0. The first-order chi connectivity index (χ1) is 30.2. The number of aliphatic hydroxyl groups excluding tert-OH is 10. The fourth-order valence-electron chi connectivity index (χ4n) is 5.98. The molecule has 1 fully saturated rings. The third-order valence-electron chi connectivity index (χ3n) is 9.35. The molecule has 1 saturated heterocycles. The predicted octanol–water partition coefficient (Wildman–Crippen LogP) is -6.37. The Bertz CT molecular complexity index is 1890. The second-order valence-corrected chi connectivity index (χ2v) is 15.7. The van der Waals surface area contributed by atoms with E-state index in [4.69, 9.17) is 40.1 Å². The van der Waals surface area contributed by atoms with Crippen LogP contribution < -0.4 is 26.1 Å². The predicted molar refractivity (Wildman–Crippen MR) is 204 cm³/mol. The Morgan fingerprint density at radius 2 is 1.28 bits per heavy atom. The van der Waals surface area contributed by atoms with Crippen molar-refractivity contribution in [3.63, 3.8) is 0 Å². The van der Waals surface area contributed by atoms with Gasteiger partial charge < -0.3 is 85.5 Å². The maximum atomic E-state index is 13.2. The maximum Gasteiger partial charge on any atom is 0.416 e. The van der Waals surface area contributed by atoms with E-state index in [9.17, 15) is 65.9 Å². The number of nitrogens with zero attached hydrogens (tertiary/aromatic N) is 3. The minimum Gasteiger partial charge on any atom is -0.793 e. The smallest absolute Gasteiger partial charge is 0.416 e. The van der Waals surface area contributed by atoms with Crippen molar-refractivity contribution < 1.29 is 112 Å². The molecule has 65 heavy (non-hydrogen) atoms. The number of aromatic amines is 1. The average molecular weight is 973 g/mol. The number of aromatic nitrogens is 3.